The largest absolute Gasteiger partial charge is 0.354 e. The predicted octanol–water partition coefficient (Wildman–Crippen LogP) is 5.94. The fourth-order valence-electron chi connectivity index (χ4n) is 3.61. The van der Waals surface area contributed by atoms with E-state index < -0.39 is 0 Å². The van der Waals surface area contributed by atoms with Gasteiger partial charge in [-0.1, -0.05) is 60.2 Å². The summed E-state index contributed by atoms with van der Waals surface area (Å²) in [5.74, 6) is 0. The van der Waals surface area contributed by atoms with Crippen LogP contribution in [-0.4, -0.2) is 4.98 Å². The zero-order valence-corrected chi connectivity index (χ0v) is 12.4. The number of rotatable bonds is 0. The smallest absolute Gasteiger partial charge is 0.0471 e. The van der Waals surface area contributed by atoms with E-state index in [1.54, 1.807) is 0 Å². The van der Waals surface area contributed by atoms with E-state index in [1.165, 1.54) is 48.9 Å². The minimum Gasteiger partial charge on any atom is -0.354 e. The van der Waals surface area contributed by atoms with E-state index in [0.29, 0.717) is 0 Å². The van der Waals surface area contributed by atoms with E-state index >= 15 is 0 Å². The van der Waals surface area contributed by atoms with Gasteiger partial charge in [0.25, 0.3) is 0 Å². The van der Waals surface area contributed by atoms with Crippen molar-refractivity contribution < 1.29 is 0 Å². The van der Waals surface area contributed by atoms with E-state index in [2.05, 4.69) is 78.6 Å². The molecular formula is C21H15N. The number of hydrogen-bond donors (Lipinski definition) is 1. The van der Waals surface area contributed by atoms with Crippen molar-refractivity contribution in [1.82, 2.24) is 4.98 Å². The Morgan fingerprint density at radius 1 is 0.636 bits per heavy atom. The maximum Gasteiger partial charge on any atom is 0.0471 e. The molecule has 0 radical (unpaired) electrons. The minimum absolute atomic E-state index is 1.21. The van der Waals surface area contributed by atoms with Gasteiger partial charge in [-0.25, -0.2) is 0 Å². The summed E-state index contributed by atoms with van der Waals surface area (Å²) < 4.78 is 0. The summed E-state index contributed by atoms with van der Waals surface area (Å²) in [6, 6.07) is 24.1. The van der Waals surface area contributed by atoms with Crippen LogP contribution in [0.15, 0.2) is 66.7 Å². The Kier molecular flexibility index (Phi) is 2.21. The normalized spacial score (nSPS) is 11.9. The number of aromatic amines is 1. The first-order chi connectivity index (χ1) is 10.8. The molecule has 5 rings (SSSR count). The second kappa shape index (κ2) is 4.11. The van der Waals surface area contributed by atoms with Gasteiger partial charge in [-0.2, -0.15) is 0 Å². The molecule has 0 saturated carbocycles. The van der Waals surface area contributed by atoms with Crippen molar-refractivity contribution in [2.45, 2.75) is 6.92 Å². The Morgan fingerprint density at radius 3 is 2.14 bits per heavy atom. The number of benzene rings is 4. The molecular weight excluding hydrogens is 266 g/mol. The molecule has 0 aliphatic heterocycles. The lowest BCUT2D eigenvalue weighted by molar-refractivity contribution is 1.51. The molecule has 1 N–H and O–H groups in total. The number of hydrogen-bond acceptors (Lipinski definition) is 0. The summed E-state index contributed by atoms with van der Waals surface area (Å²) in [4.78, 5) is 3.58. The third-order valence-corrected chi connectivity index (χ3v) is 4.62. The van der Waals surface area contributed by atoms with Crippen molar-refractivity contribution >= 4 is 43.4 Å². The number of aryl methyl sites for hydroxylation is 1. The maximum atomic E-state index is 3.58. The fourth-order valence-corrected chi connectivity index (χ4v) is 3.61. The average molecular weight is 281 g/mol. The molecule has 4 aromatic carbocycles. The van der Waals surface area contributed by atoms with Gasteiger partial charge in [0.15, 0.2) is 0 Å². The first-order valence-electron chi connectivity index (χ1n) is 7.64. The van der Waals surface area contributed by atoms with Gasteiger partial charge >= 0.3 is 0 Å². The Labute approximate surface area is 128 Å². The molecule has 22 heavy (non-hydrogen) atoms. The van der Waals surface area contributed by atoms with Crippen LogP contribution < -0.4 is 0 Å². The first-order valence-corrected chi connectivity index (χ1v) is 7.64. The van der Waals surface area contributed by atoms with Crippen LogP contribution in [0.25, 0.3) is 43.4 Å². The van der Waals surface area contributed by atoms with Crippen molar-refractivity contribution in [3.05, 3.63) is 72.3 Å². The second-order valence-corrected chi connectivity index (χ2v) is 6.05. The Hall–Kier alpha value is -2.80. The third-order valence-electron chi connectivity index (χ3n) is 4.62. The van der Waals surface area contributed by atoms with Gasteiger partial charge in [-0.15, -0.1) is 0 Å². The third kappa shape index (κ3) is 1.48. The van der Waals surface area contributed by atoms with Gasteiger partial charge in [0, 0.05) is 21.8 Å². The summed E-state index contributed by atoms with van der Waals surface area (Å²) in [5.41, 5.74) is 3.72. The highest BCUT2D eigenvalue weighted by atomic mass is 14.7. The van der Waals surface area contributed by atoms with Crippen molar-refractivity contribution in [1.29, 1.82) is 0 Å². The molecule has 1 heteroatoms. The summed E-state index contributed by atoms with van der Waals surface area (Å²) in [6.45, 7) is 2.15. The lowest BCUT2D eigenvalue weighted by atomic mass is 9.99. The van der Waals surface area contributed by atoms with Crippen LogP contribution in [0.1, 0.15) is 5.56 Å². The Morgan fingerprint density at radius 2 is 1.32 bits per heavy atom. The van der Waals surface area contributed by atoms with E-state index in [1.807, 2.05) is 0 Å². The first kappa shape index (κ1) is 11.8. The lowest BCUT2D eigenvalue weighted by Crippen LogP contribution is -1.78. The molecule has 0 aliphatic rings. The average Bonchev–Trinajstić information content (AvgIpc) is 2.94. The SMILES string of the molecule is Cc1ccc2c(ccc3[nH]c4ccc5ccccc5c4c32)c1. The summed E-state index contributed by atoms with van der Waals surface area (Å²) >= 11 is 0. The van der Waals surface area contributed by atoms with Gasteiger partial charge in [0.05, 0.1) is 0 Å². The highest BCUT2D eigenvalue weighted by molar-refractivity contribution is 6.27. The van der Waals surface area contributed by atoms with E-state index in [-0.39, 0.29) is 0 Å². The molecule has 0 bridgehead atoms. The van der Waals surface area contributed by atoms with Gasteiger partial charge in [0.2, 0.25) is 0 Å². The van der Waals surface area contributed by atoms with Crippen LogP contribution in [0.2, 0.25) is 0 Å². The zero-order valence-electron chi connectivity index (χ0n) is 12.4. The predicted molar refractivity (Wildman–Crippen MR) is 95.6 cm³/mol. The molecule has 0 saturated heterocycles. The quantitative estimate of drug-likeness (QED) is 0.362. The molecule has 0 spiro atoms. The van der Waals surface area contributed by atoms with Crippen LogP contribution in [0, 0.1) is 6.92 Å². The second-order valence-electron chi connectivity index (χ2n) is 6.05. The molecule has 104 valence electrons. The monoisotopic (exact) mass is 281 g/mol. The highest BCUT2D eigenvalue weighted by Crippen LogP contribution is 2.36. The highest BCUT2D eigenvalue weighted by Gasteiger charge is 2.10. The summed E-state index contributed by atoms with van der Waals surface area (Å²) in [5, 5.41) is 7.92. The van der Waals surface area contributed by atoms with Crippen molar-refractivity contribution in [2.75, 3.05) is 0 Å². The van der Waals surface area contributed by atoms with Crippen molar-refractivity contribution in [3.63, 3.8) is 0 Å². The van der Waals surface area contributed by atoms with E-state index in [4.69, 9.17) is 0 Å². The molecule has 0 fully saturated rings. The Bertz CT molecular complexity index is 1180. The molecule has 1 heterocycles. The van der Waals surface area contributed by atoms with Gasteiger partial charge in [-0.05, 0) is 40.6 Å². The van der Waals surface area contributed by atoms with E-state index in [0.717, 1.165) is 0 Å². The molecule has 1 aromatic heterocycles. The summed E-state index contributed by atoms with van der Waals surface area (Å²) in [7, 11) is 0. The van der Waals surface area contributed by atoms with Crippen LogP contribution in [0.5, 0.6) is 0 Å². The molecule has 0 atom stereocenters. The molecule has 5 aromatic rings. The Balaban J connectivity index is 2.13. The maximum absolute atomic E-state index is 3.58. The molecule has 0 amide bonds. The topological polar surface area (TPSA) is 15.8 Å². The number of H-pyrrole nitrogens is 1. The zero-order chi connectivity index (χ0) is 14.7. The van der Waals surface area contributed by atoms with Crippen LogP contribution in [-0.2, 0) is 0 Å². The van der Waals surface area contributed by atoms with Crippen molar-refractivity contribution in [3.8, 4) is 0 Å². The van der Waals surface area contributed by atoms with Gasteiger partial charge < -0.3 is 4.98 Å². The molecule has 0 aliphatic carbocycles. The van der Waals surface area contributed by atoms with E-state index in [9.17, 15) is 0 Å². The van der Waals surface area contributed by atoms with Gasteiger partial charge in [-0.3, -0.25) is 0 Å². The van der Waals surface area contributed by atoms with Crippen LogP contribution in [0.3, 0.4) is 0 Å². The standard InChI is InChI=1S/C21H15N/c1-13-6-9-17-15(12-13)8-11-19-21(17)20-16-5-3-2-4-14(16)7-10-18(20)22-19/h2-12,22H,1H3. The van der Waals surface area contributed by atoms with Gasteiger partial charge in [0.1, 0.15) is 0 Å². The molecule has 1 nitrogen and oxygen atoms in total. The van der Waals surface area contributed by atoms with Crippen LogP contribution in [0.4, 0.5) is 0 Å². The van der Waals surface area contributed by atoms with Crippen LogP contribution >= 0.6 is 0 Å². The number of nitrogens with one attached hydrogen (secondary N) is 1. The fraction of sp³-hybridized carbons (Fsp3) is 0.0476. The number of aromatic nitrogens is 1. The van der Waals surface area contributed by atoms with Crippen molar-refractivity contribution in [2.24, 2.45) is 0 Å². The number of fused-ring (bicyclic) bond motifs is 7. The summed E-state index contributed by atoms with van der Waals surface area (Å²) in [6.07, 6.45) is 0. The lowest BCUT2D eigenvalue weighted by Gasteiger charge is -2.04. The molecule has 0 unspecified atom stereocenters. The minimum atomic E-state index is 1.21.